The Hall–Kier alpha value is -0.380. The quantitative estimate of drug-likeness (QED) is 0.846. The highest BCUT2D eigenvalue weighted by Gasteiger charge is 2.21. The second-order valence-electron chi connectivity index (χ2n) is 5.29. The Labute approximate surface area is 113 Å². The van der Waals surface area contributed by atoms with Gasteiger partial charge in [-0.3, -0.25) is 0 Å². The van der Waals surface area contributed by atoms with Crippen molar-refractivity contribution in [3.05, 3.63) is 34.3 Å². The van der Waals surface area contributed by atoms with Gasteiger partial charge in [-0.05, 0) is 31.0 Å². The maximum Gasteiger partial charge on any atom is 0.0784 e. The minimum absolute atomic E-state index is 0.606. The van der Waals surface area contributed by atoms with Gasteiger partial charge in [0, 0.05) is 17.4 Å². The Morgan fingerprint density at radius 1 is 1.35 bits per heavy atom. The van der Waals surface area contributed by atoms with Gasteiger partial charge < -0.3 is 10.4 Å². The molecule has 0 fully saturated rings. The molecule has 0 saturated carbocycles. The summed E-state index contributed by atoms with van der Waals surface area (Å²) in [5, 5.41) is 13.6. The van der Waals surface area contributed by atoms with Gasteiger partial charge in [0.05, 0.1) is 5.60 Å². The van der Waals surface area contributed by atoms with Crippen LogP contribution >= 0.6 is 15.9 Å². The van der Waals surface area contributed by atoms with Crippen molar-refractivity contribution < 1.29 is 5.11 Å². The van der Waals surface area contributed by atoms with Crippen LogP contribution in [0.2, 0.25) is 0 Å². The third-order valence-electron chi connectivity index (χ3n) is 2.59. The van der Waals surface area contributed by atoms with Gasteiger partial charge in [0.1, 0.15) is 0 Å². The standard InChI is InChI=1S/C14H22BrNO/c1-11(2)9-16-10-14(3,17)8-12-6-4-5-7-13(12)15/h4-7,11,16-17H,8-10H2,1-3H3. The molecule has 0 amide bonds. The number of halogens is 1. The first-order valence-electron chi connectivity index (χ1n) is 6.07. The molecule has 0 aliphatic carbocycles. The summed E-state index contributed by atoms with van der Waals surface area (Å²) in [5.74, 6) is 0.606. The van der Waals surface area contributed by atoms with Crippen LogP contribution in [-0.4, -0.2) is 23.8 Å². The first-order chi connectivity index (χ1) is 7.91. The molecule has 0 radical (unpaired) electrons. The van der Waals surface area contributed by atoms with E-state index in [1.807, 2.05) is 31.2 Å². The monoisotopic (exact) mass is 299 g/mol. The van der Waals surface area contributed by atoms with Gasteiger partial charge in [-0.15, -0.1) is 0 Å². The topological polar surface area (TPSA) is 32.3 Å². The van der Waals surface area contributed by atoms with Crippen molar-refractivity contribution in [2.24, 2.45) is 5.92 Å². The van der Waals surface area contributed by atoms with Crippen LogP contribution in [0.4, 0.5) is 0 Å². The predicted molar refractivity (Wildman–Crippen MR) is 76.2 cm³/mol. The lowest BCUT2D eigenvalue weighted by Gasteiger charge is -2.25. The second-order valence-corrected chi connectivity index (χ2v) is 6.14. The van der Waals surface area contributed by atoms with E-state index in [2.05, 4.69) is 35.1 Å². The molecule has 3 heteroatoms. The molecule has 0 aliphatic rings. The Morgan fingerprint density at radius 3 is 2.59 bits per heavy atom. The lowest BCUT2D eigenvalue weighted by atomic mass is 9.96. The fourth-order valence-corrected chi connectivity index (χ4v) is 2.17. The zero-order valence-corrected chi connectivity index (χ0v) is 12.4. The molecule has 17 heavy (non-hydrogen) atoms. The second kappa shape index (κ2) is 6.53. The van der Waals surface area contributed by atoms with E-state index >= 15 is 0 Å². The highest BCUT2D eigenvalue weighted by molar-refractivity contribution is 9.10. The zero-order valence-electron chi connectivity index (χ0n) is 10.8. The first-order valence-corrected chi connectivity index (χ1v) is 6.86. The van der Waals surface area contributed by atoms with Gasteiger partial charge in [-0.25, -0.2) is 0 Å². The van der Waals surface area contributed by atoms with Gasteiger partial charge in [0.25, 0.3) is 0 Å². The molecule has 0 aliphatic heterocycles. The minimum Gasteiger partial charge on any atom is -0.389 e. The minimum atomic E-state index is -0.710. The molecule has 1 aromatic rings. The van der Waals surface area contributed by atoms with E-state index in [0.29, 0.717) is 18.9 Å². The molecular weight excluding hydrogens is 278 g/mol. The Kier molecular flexibility index (Phi) is 5.63. The maximum absolute atomic E-state index is 10.3. The summed E-state index contributed by atoms with van der Waals surface area (Å²) in [6.45, 7) is 7.75. The molecule has 96 valence electrons. The number of nitrogens with one attached hydrogen (secondary N) is 1. The highest BCUT2D eigenvalue weighted by Crippen LogP contribution is 2.21. The number of aliphatic hydroxyl groups is 1. The lowest BCUT2D eigenvalue weighted by molar-refractivity contribution is 0.0594. The number of rotatable bonds is 6. The molecule has 0 heterocycles. The highest BCUT2D eigenvalue weighted by atomic mass is 79.9. The molecule has 0 bridgehead atoms. The zero-order chi connectivity index (χ0) is 12.9. The normalized spacial score (nSPS) is 14.9. The van der Waals surface area contributed by atoms with Crippen molar-refractivity contribution >= 4 is 15.9 Å². The Morgan fingerprint density at radius 2 is 2.00 bits per heavy atom. The van der Waals surface area contributed by atoms with E-state index in [4.69, 9.17) is 0 Å². The molecule has 1 unspecified atom stereocenters. The van der Waals surface area contributed by atoms with Gasteiger partial charge in [0.2, 0.25) is 0 Å². The van der Waals surface area contributed by atoms with Crippen molar-refractivity contribution in [3.8, 4) is 0 Å². The van der Waals surface area contributed by atoms with Crippen LogP contribution < -0.4 is 5.32 Å². The third-order valence-corrected chi connectivity index (χ3v) is 3.36. The van der Waals surface area contributed by atoms with E-state index in [1.165, 1.54) is 0 Å². The number of hydrogen-bond donors (Lipinski definition) is 2. The fourth-order valence-electron chi connectivity index (χ4n) is 1.74. The average Bonchev–Trinajstić information content (AvgIpc) is 2.20. The fraction of sp³-hybridized carbons (Fsp3) is 0.571. The third kappa shape index (κ3) is 5.66. The summed E-state index contributed by atoms with van der Waals surface area (Å²) in [7, 11) is 0. The smallest absolute Gasteiger partial charge is 0.0784 e. The summed E-state index contributed by atoms with van der Waals surface area (Å²) in [6.07, 6.45) is 0.652. The van der Waals surface area contributed by atoms with Crippen LogP contribution in [0, 0.1) is 5.92 Å². The predicted octanol–water partition coefficient (Wildman–Crippen LogP) is 2.99. The summed E-state index contributed by atoms with van der Waals surface area (Å²) in [4.78, 5) is 0. The first kappa shape index (κ1) is 14.7. The largest absolute Gasteiger partial charge is 0.389 e. The van der Waals surface area contributed by atoms with E-state index in [0.717, 1.165) is 16.6 Å². The van der Waals surface area contributed by atoms with E-state index < -0.39 is 5.60 Å². The molecule has 2 nitrogen and oxygen atoms in total. The lowest BCUT2D eigenvalue weighted by Crippen LogP contribution is -2.41. The van der Waals surface area contributed by atoms with Crippen molar-refractivity contribution in [2.45, 2.75) is 32.8 Å². The van der Waals surface area contributed by atoms with E-state index in [1.54, 1.807) is 0 Å². The van der Waals surface area contributed by atoms with Crippen LogP contribution in [0.3, 0.4) is 0 Å². The van der Waals surface area contributed by atoms with Crippen LogP contribution in [0.25, 0.3) is 0 Å². The van der Waals surface area contributed by atoms with Crippen molar-refractivity contribution in [2.75, 3.05) is 13.1 Å². The molecule has 1 aromatic carbocycles. The van der Waals surface area contributed by atoms with Crippen molar-refractivity contribution in [1.29, 1.82) is 0 Å². The average molecular weight is 300 g/mol. The van der Waals surface area contributed by atoms with Crippen LogP contribution in [0.1, 0.15) is 26.3 Å². The number of hydrogen-bond acceptors (Lipinski definition) is 2. The van der Waals surface area contributed by atoms with Crippen LogP contribution in [0.5, 0.6) is 0 Å². The Balaban J connectivity index is 2.51. The Bertz CT molecular complexity index is 350. The molecule has 0 spiro atoms. The van der Waals surface area contributed by atoms with Crippen molar-refractivity contribution in [1.82, 2.24) is 5.32 Å². The summed E-state index contributed by atoms with van der Waals surface area (Å²) in [5.41, 5.74) is 0.433. The van der Waals surface area contributed by atoms with Gasteiger partial charge in [-0.2, -0.15) is 0 Å². The molecule has 2 N–H and O–H groups in total. The van der Waals surface area contributed by atoms with E-state index in [9.17, 15) is 5.11 Å². The maximum atomic E-state index is 10.3. The SMILES string of the molecule is CC(C)CNCC(C)(O)Cc1ccccc1Br. The van der Waals surface area contributed by atoms with Gasteiger partial charge in [0.15, 0.2) is 0 Å². The summed E-state index contributed by atoms with van der Waals surface area (Å²) >= 11 is 3.51. The molecule has 1 atom stereocenters. The summed E-state index contributed by atoms with van der Waals surface area (Å²) < 4.78 is 1.06. The van der Waals surface area contributed by atoms with Crippen molar-refractivity contribution in [3.63, 3.8) is 0 Å². The van der Waals surface area contributed by atoms with E-state index in [-0.39, 0.29) is 0 Å². The van der Waals surface area contributed by atoms with Crippen LogP contribution in [-0.2, 0) is 6.42 Å². The molecular formula is C14H22BrNO. The van der Waals surface area contributed by atoms with Gasteiger partial charge >= 0.3 is 0 Å². The summed E-state index contributed by atoms with van der Waals surface area (Å²) in [6, 6.07) is 8.03. The molecule has 0 saturated heterocycles. The molecule has 0 aromatic heterocycles. The van der Waals surface area contributed by atoms with Gasteiger partial charge in [-0.1, -0.05) is 48.0 Å². The molecule has 1 rings (SSSR count). The number of benzene rings is 1. The van der Waals surface area contributed by atoms with Crippen LogP contribution in [0.15, 0.2) is 28.7 Å².